The van der Waals surface area contributed by atoms with Crippen LogP contribution in [0.4, 0.5) is 5.69 Å². The van der Waals surface area contributed by atoms with Gasteiger partial charge in [0.05, 0.1) is 11.1 Å². The highest BCUT2D eigenvalue weighted by Crippen LogP contribution is 2.34. The van der Waals surface area contributed by atoms with Gasteiger partial charge in [0.25, 0.3) is 11.5 Å². The lowest BCUT2D eigenvalue weighted by Gasteiger charge is -2.27. The predicted octanol–water partition coefficient (Wildman–Crippen LogP) is 4.21. The van der Waals surface area contributed by atoms with E-state index in [0.29, 0.717) is 35.0 Å². The summed E-state index contributed by atoms with van der Waals surface area (Å²) in [5, 5.41) is 4.66. The van der Waals surface area contributed by atoms with Gasteiger partial charge in [-0.3, -0.25) is 9.59 Å². The number of rotatable bonds is 6. The first-order valence-corrected chi connectivity index (χ1v) is 11.2. The lowest BCUT2D eigenvalue weighted by molar-refractivity contribution is 0.0978. The van der Waals surface area contributed by atoms with E-state index in [1.807, 2.05) is 61.5 Å². The number of ether oxygens (including phenoxy) is 1. The number of carbonyl (C=O) groups is 1. The second kappa shape index (κ2) is 8.96. The summed E-state index contributed by atoms with van der Waals surface area (Å²) in [5.41, 5.74) is 1.43. The first kappa shape index (κ1) is 21.0. The number of hydrogen-bond donors (Lipinski definition) is 3. The van der Waals surface area contributed by atoms with Crippen LogP contribution in [0, 0.1) is 12.8 Å². The van der Waals surface area contributed by atoms with Crippen LogP contribution in [0.2, 0.25) is 0 Å². The number of aromatic nitrogens is 2. The monoisotopic (exact) mass is 442 g/mol. The molecule has 0 saturated carbocycles. The third-order valence-corrected chi connectivity index (χ3v) is 6.09. The molecule has 5 rings (SSSR count). The molecule has 1 aliphatic rings. The zero-order valence-electron chi connectivity index (χ0n) is 18.4. The second-order valence-electron chi connectivity index (χ2n) is 8.41. The molecule has 33 heavy (non-hydrogen) atoms. The van der Waals surface area contributed by atoms with Crippen LogP contribution in [0.1, 0.15) is 22.6 Å². The van der Waals surface area contributed by atoms with Gasteiger partial charge in [0, 0.05) is 23.8 Å². The maximum absolute atomic E-state index is 13.8. The van der Waals surface area contributed by atoms with E-state index in [0.717, 1.165) is 30.6 Å². The molecule has 3 N–H and O–H groups in total. The van der Waals surface area contributed by atoms with Crippen LogP contribution in [-0.4, -0.2) is 35.5 Å². The number of aromatic amines is 2. The van der Waals surface area contributed by atoms with Crippen LogP contribution >= 0.6 is 0 Å². The van der Waals surface area contributed by atoms with Crippen molar-refractivity contribution in [3.05, 3.63) is 88.6 Å². The van der Waals surface area contributed by atoms with Gasteiger partial charge in [-0.15, -0.1) is 0 Å². The standard InChI is InChI=1S/C26H26N4O3/c1-17-24-19(15-28-17)13-21(29-25(24)31)26(32)30(16-18-11-12-27-14-18)22-9-5-6-10-23(22)33-20-7-3-2-4-8-20/h2-10,13,15,18,27-28H,11-12,14,16H2,1H3,(H,29,31)/t18-/m0/s1. The summed E-state index contributed by atoms with van der Waals surface area (Å²) in [6.45, 7) is 4.14. The van der Waals surface area contributed by atoms with Gasteiger partial charge in [-0.05, 0) is 62.7 Å². The molecule has 0 unspecified atom stereocenters. The Labute approximate surface area is 191 Å². The molecule has 1 fully saturated rings. The predicted molar refractivity (Wildman–Crippen MR) is 129 cm³/mol. The quantitative estimate of drug-likeness (QED) is 0.417. The lowest BCUT2D eigenvalue weighted by Crippen LogP contribution is -2.37. The fraction of sp³-hybridized carbons (Fsp3) is 0.231. The van der Waals surface area contributed by atoms with E-state index < -0.39 is 0 Å². The van der Waals surface area contributed by atoms with Crippen LogP contribution in [0.3, 0.4) is 0 Å². The molecule has 4 aromatic rings. The first-order valence-electron chi connectivity index (χ1n) is 11.2. The molecule has 0 bridgehead atoms. The fourth-order valence-corrected chi connectivity index (χ4v) is 4.40. The Morgan fingerprint density at radius 2 is 1.91 bits per heavy atom. The molecular formula is C26H26N4O3. The molecule has 7 nitrogen and oxygen atoms in total. The number of H-pyrrole nitrogens is 2. The number of nitrogens with one attached hydrogen (secondary N) is 3. The molecule has 0 aliphatic carbocycles. The molecule has 1 amide bonds. The zero-order valence-corrected chi connectivity index (χ0v) is 18.4. The Hall–Kier alpha value is -3.84. The summed E-state index contributed by atoms with van der Waals surface area (Å²) >= 11 is 0. The van der Waals surface area contributed by atoms with Gasteiger partial charge in [0.15, 0.2) is 5.75 Å². The largest absolute Gasteiger partial charge is 0.455 e. The molecule has 2 aromatic carbocycles. The number of aryl methyl sites for hydroxylation is 1. The summed E-state index contributed by atoms with van der Waals surface area (Å²) in [4.78, 5) is 34.1. The lowest BCUT2D eigenvalue weighted by atomic mass is 10.1. The van der Waals surface area contributed by atoms with E-state index >= 15 is 0 Å². The maximum Gasteiger partial charge on any atom is 0.274 e. The molecule has 1 atom stereocenters. The van der Waals surface area contributed by atoms with Crippen LogP contribution < -0.4 is 20.5 Å². The van der Waals surface area contributed by atoms with Crippen LogP contribution in [0.5, 0.6) is 11.5 Å². The summed E-state index contributed by atoms with van der Waals surface area (Å²) in [6.07, 6.45) is 2.74. The van der Waals surface area contributed by atoms with Crippen molar-refractivity contribution < 1.29 is 9.53 Å². The molecule has 2 aromatic heterocycles. The van der Waals surface area contributed by atoms with E-state index in [2.05, 4.69) is 15.3 Å². The van der Waals surface area contributed by atoms with E-state index in [1.54, 1.807) is 17.2 Å². The van der Waals surface area contributed by atoms with Gasteiger partial charge in [0.1, 0.15) is 11.4 Å². The topological polar surface area (TPSA) is 90.2 Å². The van der Waals surface area contributed by atoms with Gasteiger partial charge in [-0.2, -0.15) is 0 Å². The normalized spacial score (nSPS) is 15.6. The van der Waals surface area contributed by atoms with Crippen LogP contribution in [0.25, 0.3) is 10.8 Å². The number of para-hydroxylation sites is 3. The van der Waals surface area contributed by atoms with E-state index in [1.165, 1.54) is 0 Å². The molecule has 168 valence electrons. The SMILES string of the molecule is Cc1[nH]cc2cc(C(=O)N(C[C@H]3CCNC3)c3ccccc3Oc3ccccc3)[nH]c(=O)c12. The van der Waals surface area contributed by atoms with E-state index in [4.69, 9.17) is 4.74 Å². The van der Waals surface area contributed by atoms with E-state index in [-0.39, 0.29) is 17.2 Å². The summed E-state index contributed by atoms with van der Waals surface area (Å²) < 4.78 is 6.15. The molecule has 7 heteroatoms. The minimum atomic E-state index is -0.272. The Morgan fingerprint density at radius 1 is 1.12 bits per heavy atom. The van der Waals surface area contributed by atoms with Crippen LogP contribution in [-0.2, 0) is 0 Å². The number of fused-ring (bicyclic) bond motifs is 1. The number of benzene rings is 2. The Balaban J connectivity index is 1.56. The minimum Gasteiger partial charge on any atom is -0.455 e. The molecule has 1 aliphatic heterocycles. The van der Waals surface area contributed by atoms with Gasteiger partial charge < -0.3 is 24.9 Å². The van der Waals surface area contributed by atoms with Gasteiger partial charge in [-0.1, -0.05) is 30.3 Å². The minimum absolute atomic E-state index is 0.256. The second-order valence-corrected chi connectivity index (χ2v) is 8.41. The van der Waals surface area contributed by atoms with Crippen molar-refractivity contribution >= 4 is 22.4 Å². The average molecular weight is 443 g/mol. The Morgan fingerprint density at radius 3 is 2.70 bits per heavy atom. The number of hydrogen-bond acceptors (Lipinski definition) is 4. The smallest absolute Gasteiger partial charge is 0.274 e. The highest BCUT2D eigenvalue weighted by Gasteiger charge is 2.27. The van der Waals surface area contributed by atoms with Crippen molar-refractivity contribution in [2.75, 3.05) is 24.5 Å². The number of amides is 1. The number of carbonyl (C=O) groups excluding carboxylic acids is 1. The summed E-state index contributed by atoms with van der Waals surface area (Å²) in [5.74, 6) is 1.33. The van der Waals surface area contributed by atoms with Crippen molar-refractivity contribution in [3.8, 4) is 11.5 Å². The summed E-state index contributed by atoms with van der Waals surface area (Å²) in [6, 6.07) is 18.8. The molecule has 3 heterocycles. The zero-order chi connectivity index (χ0) is 22.8. The highest BCUT2D eigenvalue weighted by molar-refractivity contribution is 6.07. The fourth-order valence-electron chi connectivity index (χ4n) is 4.40. The maximum atomic E-state index is 13.8. The van der Waals surface area contributed by atoms with Gasteiger partial charge in [-0.25, -0.2) is 0 Å². The molecular weight excluding hydrogens is 416 g/mol. The van der Waals surface area contributed by atoms with Gasteiger partial charge in [0.2, 0.25) is 0 Å². The summed E-state index contributed by atoms with van der Waals surface area (Å²) in [7, 11) is 0. The Kier molecular flexibility index (Phi) is 5.71. The van der Waals surface area contributed by atoms with Crippen molar-refractivity contribution in [1.29, 1.82) is 0 Å². The number of nitrogens with zero attached hydrogens (tertiary/aromatic N) is 1. The Bertz CT molecular complexity index is 1340. The molecule has 0 spiro atoms. The van der Waals surface area contributed by atoms with Gasteiger partial charge >= 0.3 is 0 Å². The molecule has 0 radical (unpaired) electrons. The van der Waals surface area contributed by atoms with Crippen molar-refractivity contribution in [1.82, 2.24) is 15.3 Å². The first-order chi connectivity index (χ1) is 16.1. The third kappa shape index (κ3) is 4.27. The number of anilines is 1. The van der Waals surface area contributed by atoms with Crippen molar-refractivity contribution in [2.24, 2.45) is 5.92 Å². The van der Waals surface area contributed by atoms with E-state index in [9.17, 15) is 9.59 Å². The van der Waals surface area contributed by atoms with Crippen molar-refractivity contribution in [3.63, 3.8) is 0 Å². The van der Waals surface area contributed by atoms with Crippen LogP contribution in [0.15, 0.2) is 71.7 Å². The van der Waals surface area contributed by atoms with Crippen molar-refractivity contribution in [2.45, 2.75) is 13.3 Å². The number of pyridine rings is 1. The molecule has 1 saturated heterocycles. The highest BCUT2D eigenvalue weighted by atomic mass is 16.5. The third-order valence-electron chi connectivity index (χ3n) is 6.09. The average Bonchev–Trinajstić information content (AvgIpc) is 3.48.